The Labute approximate surface area is 161 Å². The lowest BCUT2D eigenvalue weighted by Crippen LogP contribution is -2.50. The normalized spacial score (nSPS) is 20.3. The van der Waals surface area contributed by atoms with E-state index in [9.17, 15) is 18.4 Å². The molecule has 8 nitrogen and oxygen atoms in total. The summed E-state index contributed by atoms with van der Waals surface area (Å²) in [5, 5.41) is 15.1. The van der Waals surface area contributed by atoms with E-state index in [4.69, 9.17) is 16.3 Å². The summed E-state index contributed by atoms with van der Waals surface area (Å²) in [5.41, 5.74) is -1.37. The Bertz CT molecular complexity index is 934. The van der Waals surface area contributed by atoms with Crippen LogP contribution in [0.2, 0.25) is 5.02 Å². The fourth-order valence-corrected chi connectivity index (χ4v) is 4.28. The first kappa shape index (κ1) is 19.4. The van der Waals surface area contributed by atoms with Crippen molar-refractivity contribution in [1.82, 2.24) is 10.4 Å². The van der Waals surface area contributed by atoms with Crippen LogP contribution >= 0.6 is 11.6 Å². The van der Waals surface area contributed by atoms with Gasteiger partial charge in [-0.05, 0) is 55.5 Å². The van der Waals surface area contributed by atoms with E-state index in [1.165, 1.54) is 19.1 Å². The van der Waals surface area contributed by atoms with Crippen molar-refractivity contribution in [2.45, 2.75) is 12.5 Å². The molecule has 0 radical (unpaired) electrons. The van der Waals surface area contributed by atoms with Crippen molar-refractivity contribution < 1.29 is 17.9 Å². The predicted molar refractivity (Wildman–Crippen MR) is 102 cm³/mol. The first-order valence-electron chi connectivity index (χ1n) is 7.95. The number of nitrogens with one attached hydrogen (secondary N) is 2. The van der Waals surface area contributed by atoms with Gasteiger partial charge in [0.2, 0.25) is 15.9 Å². The molecule has 2 aromatic carbocycles. The molecule has 1 aliphatic heterocycles. The van der Waals surface area contributed by atoms with Crippen LogP contribution in [0.5, 0.6) is 11.5 Å². The number of carbonyl (C=O) groups is 1. The molecule has 0 aromatic heterocycles. The molecule has 1 amide bonds. The molecule has 0 saturated carbocycles. The molecule has 10 heteroatoms. The van der Waals surface area contributed by atoms with Gasteiger partial charge < -0.3 is 20.3 Å². The molecule has 3 rings (SSSR count). The number of rotatable bonds is 6. The van der Waals surface area contributed by atoms with Crippen molar-refractivity contribution in [2.24, 2.45) is 0 Å². The second kappa shape index (κ2) is 7.35. The van der Waals surface area contributed by atoms with Gasteiger partial charge in [0.05, 0.1) is 12.4 Å². The smallest absolute Gasteiger partial charge is 0.241 e. The van der Waals surface area contributed by atoms with Crippen LogP contribution in [0.25, 0.3) is 0 Å². The number of hydroxylamine groups is 2. The standard InChI is InChI=1S/C17H17ClN3O5S/c1-17(16(22)19-11-21(17)23)10-27(24,25)20-13-4-8-15(9-5-13)26-14-6-2-12(18)3-7-14/h2-9,20H,10-11H2,1H3,(H,19,22)/q-1. The van der Waals surface area contributed by atoms with Crippen molar-refractivity contribution in [3.05, 3.63) is 58.8 Å². The van der Waals surface area contributed by atoms with Crippen molar-refractivity contribution in [3.63, 3.8) is 0 Å². The van der Waals surface area contributed by atoms with Crippen molar-refractivity contribution in [3.8, 4) is 11.5 Å². The monoisotopic (exact) mass is 410 g/mol. The summed E-state index contributed by atoms with van der Waals surface area (Å²) in [7, 11) is -3.93. The summed E-state index contributed by atoms with van der Waals surface area (Å²) in [5.74, 6) is -0.176. The van der Waals surface area contributed by atoms with Crippen LogP contribution in [0, 0.1) is 5.21 Å². The largest absolute Gasteiger partial charge is 0.783 e. The Morgan fingerprint density at radius 3 is 2.26 bits per heavy atom. The molecule has 0 aliphatic carbocycles. The molecule has 1 saturated heterocycles. The highest BCUT2D eigenvalue weighted by Gasteiger charge is 2.43. The maximum absolute atomic E-state index is 12.4. The van der Waals surface area contributed by atoms with Gasteiger partial charge in [-0.25, -0.2) is 8.42 Å². The van der Waals surface area contributed by atoms with E-state index in [1.807, 2.05) is 0 Å². The van der Waals surface area contributed by atoms with Crippen LogP contribution in [0.3, 0.4) is 0 Å². The third-order valence-electron chi connectivity index (χ3n) is 4.07. The Hall–Kier alpha value is -2.33. The van der Waals surface area contributed by atoms with Gasteiger partial charge in [-0.3, -0.25) is 9.52 Å². The maximum atomic E-state index is 12.4. The minimum Gasteiger partial charge on any atom is -0.783 e. The highest BCUT2D eigenvalue weighted by atomic mass is 35.5. The fourth-order valence-electron chi connectivity index (χ4n) is 2.57. The predicted octanol–water partition coefficient (Wildman–Crippen LogP) is 2.52. The molecule has 144 valence electrons. The first-order valence-corrected chi connectivity index (χ1v) is 9.98. The molecule has 2 N–H and O–H groups in total. The number of benzene rings is 2. The highest BCUT2D eigenvalue weighted by Crippen LogP contribution is 2.26. The van der Waals surface area contributed by atoms with Gasteiger partial charge in [0.25, 0.3) is 0 Å². The summed E-state index contributed by atoms with van der Waals surface area (Å²) in [6.07, 6.45) is 0. The Morgan fingerprint density at radius 2 is 1.74 bits per heavy atom. The lowest BCUT2D eigenvalue weighted by molar-refractivity contribution is -0.124. The van der Waals surface area contributed by atoms with E-state index in [0.29, 0.717) is 21.6 Å². The molecule has 2 aromatic rings. The highest BCUT2D eigenvalue weighted by molar-refractivity contribution is 7.92. The molecule has 0 bridgehead atoms. The molecule has 27 heavy (non-hydrogen) atoms. The lowest BCUT2D eigenvalue weighted by Gasteiger charge is -2.36. The zero-order valence-corrected chi connectivity index (χ0v) is 15.9. The number of anilines is 1. The van der Waals surface area contributed by atoms with Gasteiger partial charge in [0.1, 0.15) is 17.0 Å². The molecular weight excluding hydrogens is 394 g/mol. The van der Waals surface area contributed by atoms with Gasteiger partial charge in [0.15, 0.2) is 0 Å². The third kappa shape index (κ3) is 4.51. The number of nitrogens with zero attached hydrogens (tertiary/aromatic N) is 1. The summed E-state index contributed by atoms with van der Waals surface area (Å²) in [6.45, 7) is 1.06. The quantitative estimate of drug-likeness (QED) is 0.757. The number of amides is 1. The van der Waals surface area contributed by atoms with E-state index in [-0.39, 0.29) is 12.4 Å². The summed E-state index contributed by atoms with van der Waals surface area (Å²) < 4.78 is 32.7. The first-order chi connectivity index (χ1) is 12.7. The second-order valence-electron chi connectivity index (χ2n) is 6.26. The van der Waals surface area contributed by atoms with Crippen molar-refractivity contribution in [1.29, 1.82) is 0 Å². The van der Waals surface area contributed by atoms with E-state index >= 15 is 0 Å². The van der Waals surface area contributed by atoms with Crippen LogP contribution in [-0.2, 0) is 14.8 Å². The fraction of sp³-hybridized carbons (Fsp3) is 0.235. The van der Waals surface area contributed by atoms with E-state index in [2.05, 4.69) is 10.0 Å². The van der Waals surface area contributed by atoms with Crippen LogP contribution in [-0.4, -0.2) is 37.3 Å². The van der Waals surface area contributed by atoms with Crippen LogP contribution < -0.4 is 14.8 Å². The summed E-state index contributed by atoms with van der Waals surface area (Å²) in [4.78, 5) is 11.8. The van der Waals surface area contributed by atoms with E-state index in [0.717, 1.165) is 0 Å². The number of hydrogen-bond donors (Lipinski definition) is 2. The number of sulfonamides is 1. The Kier molecular flexibility index (Phi) is 5.29. The number of carbonyl (C=O) groups excluding carboxylic acids is 1. The van der Waals surface area contributed by atoms with Gasteiger partial charge in [-0.2, -0.15) is 0 Å². The Morgan fingerprint density at radius 1 is 1.19 bits per heavy atom. The van der Waals surface area contributed by atoms with Gasteiger partial charge >= 0.3 is 0 Å². The van der Waals surface area contributed by atoms with Gasteiger partial charge in [-0.15, -0.1) is 0 Å². The molecule has 1 heterocycles. The molecule has 0 spiro atoms. The number of hydrogen-bond acceptors (Lipinski definition) is 6. The van der Waals surface area contributed by atoms with E-state index in [1.54, 1.807) is 36.4 Å². The molecule has 1 unspecified atom stereocenters. The zero-order valence-electron chi connectivity index (χ0n) is 14.3. The van der Waals surface area contributed by atoms with Crippen LogP contribution in [0.4, 0.5) is 5.69 Å². The third-order valence-corrected chi connectivity index (χ3v) is 5.81. The van der Waals surface area contributed by atoms with Gasteiger partial charge in [-0.1, -0.05) is 11.6 Å². The van der Waals surface area contributed by atoms with Crippen molar-refractivity contribution >= 4 is 33.2 Å². The topological polar surface area (TPSA) is 111 Å². The SMILES string of the molecule is CC1(CS(=O)(=O)Nc2ccc(Oc3ccc(Cl)cc3)cc2)C(=O)NCN1[O-]. The minimum absolute atomic E-state index is 0.235. The van der Waals surface area contributed by atoms with Gasteiger partial charge in [0, 0.05) is 10.7 Å². The average molecular weight is 411 g/mol. The van der Waals surface area contributed by atoms with Crippen LogP contribution in [0.1, 0.15) is 6.92 Å². The van der Waals surface area contributed by atoms with Crippen LogP contribution in [0.15, 0.2) is 48.5 Å². The molecule has 1 atom stereocenters. The average Bonchev–Trinajstić information content (AvgIpc) is 2.85. The van der Waals surface area contributed by atoms with E-state index < -0.39 is 27.2 Å². The Balaban J connectivity index is 1.66. The minimum atomic E-state index is -3.93. The number of halogens is 1. The summed E-state index contributed by atoms with van der Waals surface area (Å²) >= 11 is 5.82. The number of ether oxygens (including phenoxy) is 1. The molecule has 1 fully saturated rings. The lowest BCUT2D eigenvalue weighted by atomic mass is 10.1. The zero-order chi connectivity index (χ0) is 19.7. The summed E-state index contributed by atoms with van der Waals surface area (Å²) in [6, 6.07) is 13.0. The molecule has 1 aliphatic rings. The van der Waals surface area contributed by atoms with Crippen molar-refractivity contribution in [2.75, 3.05) is 17.1 Å². The maximum Gasteiger partial charge on any atom is 0.241 e. The second-order valence-corrected chi connectivity index (χ2v) is 8.42. The molecular formula is C17H17ClN3O5S-.